The van der Waals surface area contributed by atoms with E-state index < -0.39 is 22.0 Å². The van der Waals surface area contributed by atoms with Gasteiger partial charge in [-0.25, -0.2) is 17.5 Å². The molecular formula is C14H20FNO4S. The maximum Gasteiger partial charge on any atom is 0.303 e. The first-order chi connectivity index (χ1) is 9.71. The number of sulfonamides is 1. The highest BCUT2D eigenvalue weighted by Crippen LogP contribution is 2.23. The second kappa shape index (κ2) is 7.51. The van der Waals surface area contributed by atoms with Gasteiger partial charge in [0.1, 0.15) is 5.82 Å². The van der Waals surface area contributed by atoms with Gasteiger partial charge in [0.2, 0.25) is 10.0 Å². The average molecular weight is 317 g/mol. The fourth-order valence-corrected chi connectivity index (χ4v) is 3.36. The molecule has 0 fully saturated rings. The lowest BCUT2D eigenvalue weighted by Gasteiger charge is -2.22. The fourth-order valence-electron chi connectivity index (χ4n) is 1.92. The highest BCUT2D eigenvalue weighted by molar-refractivity contribution is 7.89. The third kappa shape index (κ3) is 6.22. The van der Waals surface area contributed by atoms with Crippen molar-refractivity contribution in [3.05, 3.63) is 35.6 Å². The summed E-state index contributed by atoms with van der Waals surface area (Å²) in [5.74, 6) is -1.68. The minimum Gasteiger partial charge on any atom is -0.481 e. The molecule has 5 nitrogen and oxygen atoms in total. The number of aliphatic carboxylic acids is 1. The first-order valence-corrected chi connectivity index (χ1v) is 8.34. The summed E-state index contributed by atoms with van der Waals surface area (Å²) in [6.45, 7) is 3.71. The number of hydrogen-bond acceptors (Lipinski definition) is 3. The predicted molar refractivity (Wildman–Crippen MR) is 77.8 cm³/mol. The molecule has 0 radical (unpaired) electrons. The lowest BCUT2D eigenvalue weighted by atomic mass is 9.97. The lowest BCUT2D eigenvalue weighted by molar-refractivity contribution is -0.137. The normalized spacial score (nSPS) is 13.3. The number of hydrogen-bond donors (Lipinski definition) is 2. The van der Waals surface area contributed by atoms with Gasteiger partial charge in [0, 0.05) is 12.5 Å². The molecule has 1 unspecified atom stereocenters. The van der Waals surface area contributed by atoms with Gasteiger partial charge in [0.15, 0.2) is 0 Å². The summed E-state index contributed by atoms with van der Waals surface area (Å²) >= 11 is 0. The molecular weight excluding hydrogens is 297 g/mol. The molecule has 0 aromatic heterocycles. The Bertz CT molecular complexity index is 569. The number of carboxylic acids is 1. The lowest BCUT2D eigenvalue weighted by Crippen LogP contribution is -2.33. The van der Waals surface area contributed by atoms with Gasteiger partial charge >= 0.3 is 5.97 Å². The third-order valence-corrected chi connectivity index (χ3v) is 4.45. The monoisotopic (exact) mass is 317 g/mol. The zero-order chi connectivity index (χ0) is 16.0. The van der Waals surface area contributed by atoms with Crippen LogP contribution in [0, 0.1) is 11.7 Å². The molecule has 118 valence electrons. The van der Waals surface area contributed by atoms with Crippen LogP contribution in [0.15, 0.2) is 24.3 Å². The van der Waals surface area contributed by atoms with Crippen molar-refractivity contribution in [1.82, 2.24) is 4.72 Å². The van der Waals surface area contributed by atoms with Crippen molar-refractivity contribution in [2.45, 2.75) is 32.7 Å². The highest BCUT2D eigenvalue weighted by Gasteiger charge is 2.22. The van der Waals surface area contributed by atoms with Gasteiger partial charge in [-0.1, -0.05) is 26.0 Å². The summed E-state index contributed by atoms with van der Waals surface area (Å²) in [5.41, 5.74) is 0.674. The van der Waals surface area contributed by atoms with Gasteiger partial charge in [-0.05, 0) is 30.0 Å². The van der Waals surface area contributed by atoms with E-state index in [4.69, 9.17) is 5.11 Å². The molecule has 2 N–H and O–H groups in total. The third-order valence-electron chi connectivity index (χ3n) is 3.01. The second-order valence-corrected chi connectivity index (χ2v) is 7.08. The molecule has 0 aliphatic carbocycles. The van der Waals surface area contributed by atoms with Gasteiger partial charge in [0.25, 0.3) is 0 Å². The summed E-state index contributed by atoms with van der Waals surface area (Å²) in [6, 6.07) is 5.17. The Morgan fingerprint density at radius 2 is 1.86 bits per heavy atom. The molecule has 1 aromatic carbocycles. The molecule has 0 saturated carbocycles. The number of halogens is 1. The summed E-state index contributed by atoms with van der Waals surface area (Å²) in [5, 5.41) is 8.53. The van der Waals surface area contributed by atoms with Crippen LogP contribution in [0.1, 0.15) is 38.3 Å². The van der Waals surface area contributed by atoms with Crippen LogP contribution in [0.5, 0.6) is 0 Å². The number of benzene rings is 1. The zero-order valence-corrected chi connectivity index (χ0v) is 12.9. The van der Waals surface area contributed by atoms with E-state index in [9.17, 15) is 17.6 Å². The van der Waals surface area contributed by atoms with Crippen LogP contribution >= 0.6 is 0 Å². The quantitative estimate of drug-likeness (QED) is 0.770. The molecule has 1 rings (SSSR count). The maximum atomic E-state index is 12.9. The number of carbonyl (C=O) groups is 1. The fraction of sp³-hybridized carbons (Fsp3) is 0.500. The minimum atomic E-state index is -3.59. The second-order valence-electron chi connectivity index (χ2n) is 5.21. The van der Waals surface area contributed by atoms with Crippen LogP contribution in [0.2, 0.25) is 0 Å². The highest BCUT2D eigenvalue weighted by atomic mass is 32.2. The topological polar surface area (TPSA) is 83.5 Å². The van der Waals surface area contributed by atoms with Crippen molar-refractivity contribution in [2.24, 2.45) is 5.92 Å². The molecule has 0 amide bonds. The smallest absolute Gasteiger partial charge is 0.303 e. The van der Waals surface area contributed by atoms with E-state index in [0.717, 1.165) is 0 Å². The molecule has 0 heterocycles. The number of nitrogens with one attached hydrogen (secondary N) is 1. The predicted octanol–water partition coefficient (Wildman–Crippen LogP) is 2.31. The van der Waals surface area contributed by atoms with Crippen molar-refractivity contribution in [3.63, 3.8) is 0 Å². The molecule has 7 heteroatoms. The van der Waals surface area contributed by atoms with Crippen LogP contribution in [-0.4, -0.2) is 25.2 Å². The van der Waals surface area contributed by atoms with Crippen LogP contribution in [0.3, 0.4) is 0 Å². The largest absolute Gasteiger partial charge is 0.481 e. The number of carboxylic acid groups (broad SMARTS) is 1. The van der Waals surface area contributed by atoms with Gasteiger partial charge in [-0.15, -0.1) is 0 Å². The van der Waals surface area contributed by atoms with Crippen LogP contribution < -0.4 is 4.72 Å². The Hall–Kier alpha value is -1.47. The van der Waals surface area contributed by atoms with E-state index in [1.165, 1.54) is 12.1 Å². The molecule has 1 atom stereocenters. The molecule has 1 aromatic rings. The molecule has 0 aliphatic heterocycles. The van der Waals surface area contributed by atoms with Crippen molar-refractivity contribution in [3.8, 4) is 0 Å². The SMILES string of the molecule is CC(C)C(NS(=O)(=O)CCCC(=O)O)c1ccc(F)cc1. The van der Waals surface area contributed by atoms with Gasteiger partial charge in [-0.3, -0.25) is 4.79 Å². The standard InChI is InChI=1S/C14H20FNO4S/c1-10(2)14(11-5-7-12(15)8-6-11)16-21(19,20)9-3-4-13(17)18/h5-8,10,14,16H,3-4,9H2,1-2H3,(H,17,18). The Labute approximate surface area is 124 Å². The summed E-state index contributed by atoms with van der Waals surface area (Å²) < 4.78 is 39.5. The Balaban J connectivity index is 2.78. The maximum absolute atomic E-state index is 12.9. The van der Waals surface area contributed by atoms with Gasteiger partial charge < -0.3 is 5.11 Å². The van der Waals surface area contributed by atoms with Crippen LogP contribution in [-0.2, 0) is 14.8 Å². The number of rotatable bonds is 8. The van der Waals surface area contributed by atoms with Crippen molar-refractivity contribution in [2.75, 3.05) is 5.75 Å². The van der Waals surface area contributed by atoms with E-state index in [2.05, 4.69) is 4.72 Å². The molecule has 21 heavy (non-hydrogen) atoms. The average Bonchev–Trinajstić information content (AvgIpc) is 2.36. The van der Waals surface area contributed by atoms with Crippen molar-refractivity contribution < 1.29 is 22.7 Å². The van der Waals surface area contributed by atoms with Gasteiger partial charge in [0.05, 0.1) is 5.75 Å². The van der Waals surface area contributed by atoms with E-state index in [0.29, 0.717) is 5.56 Å². The van der Waals surface area contributed by atoms with Crippen molar-refractivity contribution in [1.29, 1.82) is 0 Å². The minimum absolute atomic E-state index is 0.0234. The van der Waals surface area contributed by atoms with E-state index >= 15 is 0 Å². The molecule has 0 aliphatic rings. The van der Waals surface area contributed by atoms with Crippen LogP contribution in [0.25, 0.3) is 0 Å². The van der Waals surface area contributed by atoms with Gasteiger partial charge in [-0.2, -0.15) is 0 Å². The summed E-state index contributed by atoms with van der Waals surface area (Å²) in [6.07, 6.45) is -0.136. The zero-order valence-electron chi connectivity index (χ0n) is 12.0. The van der Waals surface area contributed by atoms with Crippen molar-refractivity contribution >= 4 is 16.0 Å². The van der Waals surface area contributed by atoms with Crippen LogP contribution in [0.4, 0.5) is 4.39 Å². The van der Waals surface area contributed by atoms with E-state index in [1.54, 1.807) is 12.1 Å². The van der Waals surface area contributed by atoms with E-state index in [1.807, 2.05) is 13.8 Å². The molecule has 0 bridgehead atoms. The Kier molecular flexibility index (Phi) is 6.29. The summed E-state index contributed by atoms with van der Waals surface area (Å²) in [4.78, 5) is 10.4. The molecule has 0 spiro atoms. The first-order valence-electron chi connectivity index (χ1n) is 6.68. The summed E-state index contributed by atoms with van der Waals surface area (Å²) in [7, 11) is -3.59. The molecule has 0 saturated heterocycles. The Morgan fingerprint density at radius 3 is 2.33 bits per heavy atom. The van der Waals surface area contributed by atoms with E-state index in [-0.39, 0.29) is 30.3 Å². The first kappa shape index (κ1) is 17.6. The Morgan fingerprint density at radius 1 is 1.29 bits per heavy atom.